The van der Waals surface area contributed by atoms with Crippen molar-refractivity contribution in [1.29, 1.82) is 0 Å². The smallest absolute Gasteiger partial charge is 0.263 e. The van der Waals surface area contributed by atoms with Gasteiger partial charge in [0.2, 0.25) is 5.91 Å². The minimum absolute atomic E-state index is 0.149. The molecule has 130 valence electrons. The second kappa shape index (κ2) is 6.64. The molecule has 3 rings (SSSR count). The minimum atomic E-state index is -0.723. The first-order chi connectivity index (χ1) is 11.4. The molecule has 2 N–H and O–H groups in total. The van der Waals surface area contributed by atoms with E-state index in [1.54, 1.807) is 25.4 Å². The van der Waals surface area contributed by atoms with Crippen molar-refractivity contribution in [2.45, 2.75) is 45.6 Å². The third-order valence-corrected chi connectivity index (χ3v) is 5.91. The van der Waals surface area contributed by atoms with Gasteiger partial charge in [0.05, 0.1) is 12.0 Å². The van der Waals surface area contributed by atoms with Gasteiger partial charge in [0.1, 0.15) is 16.7 Å². The van der Waals surface area contributed by atoms with E-state index in [1.807, 2.05) is 0 Å². The van der Waals surface area contributed by atoms with Crippen LogP contribution in [0, 0.1) is 5.92 Å². The summed E-state index contributed by atoms with van der Waals surface area (Å²) >= 11 is 1.61. The van der Waals surface area contributed by atoms with Crippen LogP contribution in [0.1, 0.15) is 42.6 Å². The molecule has 0 saturated carbocycles. The Morgan fingerprint density at radius 2 is 2.29 bits per heavy atom. The van der Waals surface area contributed by atoms with E-state index in [9.17, 15) is 9.59 Å². The summed E-state index contributed by atoms with van der Waals surface area (Å²) in [6, 6.07) is -0.723. The fourth-order valence-electron chi connectivity index (χ4n) is 3.34. The Hall–Kier alpha value is -1.73. The maximum Gasteiger partial charge on any atom is 0.263 e. The van der Waals surface area contributed by atoms with Crippen LogP contribution in [-0.2, 0) is 28.8 Å². The molecule has 0 spiro atoms. The Kier molecular flexibility index (Phi) is 4.73. The van der Waals surface area contributed by atoms with Crippen molar-refractivity contribution in [3.63, 3.8) is 0 Å². The maximum atomic E-state index is 13.2. The number of nitrogens with zero attached hydrogens (tertiary/aromatic N) is 2. The number of hydrogen-bond acceptors (Lipinski definition) is 5. The Bertz CT molecular complexity index is 840. The van der Waals surface area contributed by atoms with Gasteiger partial charge in [0.15, 0.2) is 0 Å². The third-order valence-electron chi connectivity index (χ3n) is 4.76. The monoisotopic (exact) mass is 349 g/mol. The van der Waals surface area contributed by atoms with Gasteiger partial charge in [-0.05, 0) is 37.7 Å². The summed E-state index contributed by atoms with van der Waals surface area (Å²) in [6.45, 7) is 4.32. The summed E-state index contributed by atoms with van der Waals surface area (Å²) in [7, 11) is 1.60. The minimum Gasteiger partial charge on any atom is -0.384 e. The summed E-state index contributed by atoms with van der Waals surface area (Å²) in [5, 5.41) is 0.677. The summed E-state index contributed by atoms with van der Waals surface area (Å²) in [6.07, 6.45) is 3.44. The van der Waals surface area contributed by atoms with Crippen molar-refractivity contribution in [3.8, 4) is 0 Å². The Balaban J connectivity index is 2.24. The lowest BCUT2D eigenvalue weighted by molar-refractivity contribution is -0.120. The van der Waals surface area contributed by atoms with Crippen molar-refractivity contribution in [1.82, 2.24) is 9.55 Å². The van der Waals surface area contributed by atoms with E-state index >= 15 is 0 Å². The number of methoxy groups -OCH3 is 1. The maximum absolute atomic E-state index is 13.2. The van der Waals surface area contributed by atoms with E-state index in [1.165, 1.54) is 9.44 Å². The number of fused-ring (bicyclic) bond motifs is 3. The van der Waals surface area contributed by atoms with Gasteiger partial charge in [-0.1, -0.05) is 6.92 Å². The van der Waals surface area contributed by atoms with Crippen LogP contribution < -0.4 is 11.3 Å². The van der Waals surface area contributed by atoms with Crippen molar-refractivity contribution < 1.29 is 9.53 Å². The van der Waals surface area contributed by atoms with E-state index in [0.29, 0.717) is 30.2 Å². The Morgan fingerprint density at radius 3 is 2.96 bits per heavy atom. The summed E-state index contributed by atoms with van der Waals surface area (Å²) in [5.41, 5.74) is 6.43. The van der Waals surface area contributed by atoms with Crippen LogP contribution in [-0.4, -0.2) is 29.2 Å². The van der Waals surface area contributed by atoms with E-state index in [0.717, 1.165) is 29.7 Å². The number of thiophene rings is 1. The molecule has 0 fully saturated rings. The highest BCUT2D eigenvalue weighted by Gasteiger charge is 2.26. The highest BCUT2D eigenvalue weighted by Crippen LogP contribution is 2.36. The Labute approximate surface area is 144 Å². The van der Waals surface area contributed by atoms with Crippen molar-refractivity contribution in [2.75, 3.05) is 13.7 Å². The molecule has 2 aromatic heterocycles. The van der Waals surface area contributed by atoms with Crippen LogP contribution in [0.15, 0.2) is 4.79 Å². The van der Waals surface area contributed by atoms with Crippen molar-refractivity contribution >= 4 is 27.5 Å². The molecule has 0 saturated heterocycles. The van der Waals surface area contributed by atoms with E-state index in [4.69, 9.17) is 15.5 Å². The SMILES string of the molecule is COCCc1nc2sc3c(c2c(=O)n1C(C)C(N)=O)CCC(C)C3. The molecule has 1 amide bonds. The summed E-state index contributed by atoms with van der Waals surface area (Å²) in [5.74, 6) is 0.659. The average Bonchev–Trinajstić information content (AvgIpc) is 2.89. The number of nitrogens with two attached hydrogens (primary N) is 1. The molecule has 0 aromatic carbocycles. The molecule has 2 heterocycles. The molecule has 1 aliphatic carbocycles. The number of ether oxygens (including phenoxy) is 1. The van der Waals surface area contributed by atoms with Crippen LogP contribution in [0.4, 0.5) is 0 Å². The van der Waals surface area contributed by atoms with Gasteiger partial charge in [-0.3, -0.25) is 14.2 Å². The summed E-state index contributed by atoms with van der Waals surface area (Å²) < 4.78 is 6.57. The first kappa shape index (κ1) is 17.1. The number of rotatable bonds is 5. The lowest BCUT2D eigenvalue weighted by Gasteiger charge is -2.19. The fraction of sp³-hybridized carbons (Fsp3) is 0.588. The fourth-order valence-corrected chi connectivity index (χ4v) is 4.73. The highest BCUT2D eigenvalue weighted by atomic mass is 32.1. The second-order valence-electron chi connectivity index (χ2n) is 6.56. The van der Waals surface area contributed by atoms with Gasteiger partial charge in [-0.15, -0.1) is 11.3 Å². The molecule has 6 nitrogen and oxygen atoms in total. The van der Waals surface area contributed by atoms with Crippen LogP contribution in [0.2, 0.25) is 0 Å². The van der Waals surface area contributed by atoms with Gasteiger partial charge in [0.25, 0.3) is 5.56 Å². The van der Waals surface area contributed by atoms with Crippen molar-refractivity contribution in [2.24, 2.45) is 11.7 Å². The molecule has 0 radical (unpaired) electrons. The number of carbonyl (C=O) groups excluding carboxylic acids is 1. The summed E-state index contributed by atoms with van der Waals surface area (Å²) in [4.78, 5) is 31.6. The molecule has 7 heteroatoms. The van der Waals surface area contributed by atoms with Crippen LogP contribution in [0.3, 0.4) is 0 Å². The zero-order valence-corrected chi connectivity index (χ0v) is 15.1. The molecule has 1 aliphatic rings. The first-order valence-corrected chi connectivity index (χ1v) is 9.09. The second-order valence-corrected chi connectivity index (χ2v) is 7.64. The predicted molar refractivity (Wildman–Crippen MR) is 94.6 cm³/mol. The first-order valence-electron chi connectivity index (χ1n) is 8.28. The third kappa shape index (κ3) is 2.86. The van der Waals surface area contributed by atoms with E-state index in [2.05, 4.69) is 6.92 Å². The standard InChI is InChI=1S/C17H23N3O3S/c1-9-4-5-11-12(8-9)24-16-14(11)17(22)20(10(2)15(18)21)13(19-16)6-7-23-3/h9-10H,4-8H2,1-3H3,(H2,18,21). The normalized spacial score (nSPS) is 18.5. The molecule has 0 aliphatic heterocycles. The number of aromatic nitrogens is 2. The van der Waals surface area contributed by atoms with Gasteiger partial charge < -0.3 is 10.5 Å². The van der Waals surface area contributed by atoms with E-state index < -0.39 is 11.9 Å². The predicted octanol–water partition coefficient (Wildman–Crippen LogP) is 1.82. The Morgan fingerprint density at radius 1 is 1.54 bits per heavy atom. The molecular weight excluding hydrogens is 326 g/mol. The van der Waals surface area contributed by atoms with E-state index in [-0.39, 0.29) is 5.56 Å². The molecular formula is C17H23N3O3S. The van der Waals surface area contributed by atoms with Gasteiger partial charge >= 0.3 is 0 Å². The number of amides is 1. The quantitative estimate of drug-likeness (QED) is 0.892. The zero-order chi connectivity index (χ0) is 17.4. The molecule has 2 unspecified atom stereocenters. The number of carbonyl (C=O) groups is 1. The van der Waals surface area contributed by atoms with Crippen LogP contribution in [0.5, 0.6) is 0 Å². The number of hydrogen-bond donors (Lipinski definition) is 1. The highest BCUT2D eigenvalue weighted by molar-refractivity contribution is 7.18. The molecule has 2 atom stereocenters. The van der Waals surface area contributed by atoms with Gasteiger partial charge in [-0.25, -0.2) is 4.98 Å². The van der Waals surface area contributed by atoms with Crippen LogP contribution in [0.25, 0.3) is 10.2 Å². The molecule has 24 heavy (non-hydrogen) atoms. The lowest BCUT2D eigenvalue weighted by atomic mass is 9.89. The van der Waals surface area contributed by atoms with Gasteiger partial charge in [0, 0.05) is 18.4 Å². The van der Waals surface area contributed by atoms with Crippen molar-refractivity contribution in [3.05, 3.63) is 26.6 Å². The number of primary amides is 1. The zero-order valence-electron chi connectivity index (χ0n) is 14.3. The lowest BCUT2D eigenvalue weighted by Crippen LogP contribution is -2.35. The largest absolute Gasteiger partial charge is 0.384 e. The molecule has 2 aromatic rings. The van der Waals surface area contributed by atoms with Crippen LogP contribution >= 0.6 is 11.3 Å². The average molecular weight is 349 g/mol. The molecule has 0 bridgehead atoms. The topological polar surface area (TPSA) is 87.2 Å². The van der Waals surface area contributed by atoms with Gasteiger partial charge in [-0.2, -0.15) is 0 Å². The number of aryl methyl sites for hydroxylation is 1.